The number of likely N-dealkylation sites (tertiary alicyclic amines) is 1. The third-order valence-corrected chi connectivity index (χ3v) is 6.75. The third kappa shape index (κ3) is 3.43. The predicted molar refractivity (Wildman–Crippen MR) is 103 cm³/mol. The van der Waals surface area contributed by atoms with Crippen molar-refractivity contribution in [2.45, 2.75) is 19.3 Å². The van der Waals surface area contributed by atoms with E-state index < -0.39 is 0 Å². The molecule has 2 aliphatic rings. The molecule has 25 heavy (non-hydrogen) atoms. The number of amides is 1. The van der Waals surface area contributed by atoms with Gasteiger partial charge < -0.3 is 10.2 Å². The van der Waals surface area contributed by atoms with Crippen LogP contribution in [0.3, 0.4) is 0 Å². The Morgan fingerprint density at radius 3 is 2.72 bits per heavy atom. The lowest BCUT2D eigenvalue weighted by Crippen LogP contribution is -2.44. The SMILES string of the molecule is O=C(c1csc(-c2ccc(Cl)cc2Cl)n1)N1CCC2(CCNC2)CC1. The zero-order valence-corrected chi connectivity index (χ0v) is 16.1. The van der Waals surface area contributed by atoms with Gasteiger partial charge in [0, 0.05) is 35.6 Å². The van der Waals surface area contributed by atoms with E-state index in [-0.39, 0.29) is 5.91 Å². The van der Waals surface area contributed by atoms with Gasteiger partial charge in [0.15, 0.2) is 0 Å². The van der Waals surface area contributed by atoms with Gasteiger partial charge in [-0.05, 0) is 49.4 Å². The smallest absolute Gasteiger partial charge is 0.273 e. The molecule has 1 N–H and O–H groups in total. The molecule has 1 aromatic carbocycles. The zero-order valence-electron chi connectivity index (χ0n) is 13.7. The van der Waals surface area contributed by atoms with Gasteiger partial charge in [0.25, 0.3) is 5.91 Å². The molecule has 2 saturated heterocycles. The van der Waals surface area contributed by atoms with Crippen LogP contribution >= 0.6 is 34.5 Å². The van der Waals surface area contributed by atoms with Crippen molar-refractivity contribution in [2.24, 2.45) is 5.41 Å². The maximum absolute atomic E-state index is 12.8. The molecule has 0 aliphatic carbocycles. The van der Waals surface area contributed by atoms with Crippen LogP contribution < -0.4 is 5.32 Å². The summed E-state index contributed by atoms with van der Waals surface area (Å²) >= 11 is 13.6. The molecule has 1 amide bonds. The highest BCUT2D eigenvalue weighted by atomic mass is 35.5. The molecule has 7 heteroatoms. The lowest BCUT2D eigenvalue weighted by atomic mass is 9.78. The molecule has 3 heterocycles. The second-order valence-electron chi connectivity index (χ2n) is 6.88. The van der Waals surface area contributed by atoms with Gasteiger partial charge >= 0.3 is 0 Å². The summed E-state index contributed by atoms with van der Waals surface area (Å²) in [5, 5.41) is 7.16. The quantitative estimate of drug-likeness (QED) is 0.822. The molecule has 4 nitrogen and oxygen atoms in total. The molecular weight excluding hydrogens is 377 g/mol. The Hall–Kier alpha value is -1.14. The maximum atomic E-state index is 12.8. The van der Waals surface area contributed by atoms with Gasteiger partial charge in [-0.3, -0.25) is 4.79 Å². The number of carbonyl (C=O) groups excluding carboxylic acids is 1. The fourth-order valence-electron chi connectivity index (χ4n) is 3.73. The first-order valence-corrected chi connectivity index (χ1v) is 10.1. The summed E-state index contributed by atoms with van der Waals surface area (Å²) in [6, 6.07) is 5.32. The molecule has 0 bridgehead atoms. The van der Waals surface area contributed by atoms with Crippen LogP contribution in [0.25, 0.3) is 10.6 Å². The monoisotopic (exact) mass is 395 g/mol. The first-order valence-electron chi connectivity index (χ1n) is 8.47. The second-order valence-corrected chi connectivity index (χ2v) is 8.58. The summed E-state index contributed by atoms with van der Waals surface area (Å²) in [7, 11) is 0. The second kappa shape index (κ2) is 6.88. The third-order valence-electron chi connectivity index (χ3n) is 5.33. The molecule has 132 valence electrons. The summed E-state index contributed by atoms with van der Waals surface area (Å²) in [6.45, 7) is 3.82. The minimum absolute atomic E-state index is 0.0217. The van der Waals surface area contributed by atoms with Crippen LogP contribution in [-0.4, -0.2) is 42.0 Å². The average molecular weight is 396 g/mol. The van der Waals surface area contributed by atoms with Gasteiger partial charge in [-0.1, -0.05) is 23.2 Å². The van der Waals surface area contributed by atoms with Gasteiger partial charge in [-0.2, -0.15) is 0 Å². The van der Waals surface area contributed by atoms with Gasteiger partial charge in [0.1, 0.15) is 10.7 Å². The van der Waals surface area contributed by atoms with E-state index in [9.17, 15) is 4.79 Å². The van der Waals surface area contributed by atoms with Crippen molar-refractivity contribution in [1.82, 2.24) is 15.2 Å². The van der Waals surface area contributed by atoms with Crippen molar-refractivity contribution in [3.8, 4) is 10.6 Å². The number of hydrogen-bond acceptors (Lipinski definition) is 4. The highest BCUT2D eigenvalue weighted by Crippen LogP contribution is 2.37. The van der Waals surface area contributed by atoms with Gasteiger partial charge in [-0.25, -0.2) is 4.98 Å². The fourth-order valence-corrected chi connectivity index (χ4v) is 5.11. The van der Waals surface area contributed by atoms with Crippen molar-refractivity contribution in [2.75, 3.05) is 26.2 Å². The lowest BCUT2D eigenvalue weighted by Gasteiger charge is -2.38. The number of rotatable bonds is 2. The predicted octanol–water partition coefficient (Wildman–Crippen LogP) is 4.33. The normalized spacial score (nSPS) is 19.5. The molecular formula is C18H19Cl2N3OS. The summed E-state index contributed by atoms with van der Waals surface area (Å²) in [5.74, 6) is 0.0217. The number of carbonyl (C=O) groups is 1. The average Bonchev–Trinajstić information content (AvgIpc) is 3.25. The minimum atomic E-state index is 0.0217. The number of benzene rings is 1. The highest BCUT2D eigenvalue weighted by Gasteiger charge is 2.38. The van der Waals surface area contributed by atoms with E-state index >= 15 is 0 Å². The van der Waals surface area contributed by atoms with Crippen LogP contribution in [0.4, 0.5) is 0 Å². The van der Waals surface area contributed by atoms with Crippen molar-refractivity contribution in [3.63, 3.8) is 0 Å². The van der Waals surface area contributed by atoms with E-state index in [2.05, 4.69) is 10.3 Å². The summed E-state index contributed by atoms with van der Waals surface area (Å²) < 4.78 is 0. The molecule has 4 rings (SSSR count). The van der Waals surface area contributed by atoms with Crippen molar-refractivity contribution < 1.29 is 4.79 Å². The van der Waals surface area contributed by atoms with Gasteiger partial charge in [0.05, 0.1) is 5.02 Å². The Morgan fingerprint density at radius 2 is 2.04 bits per heavy atom. The van der Waals surface area contributed by atoms with E-state index in [4.69, 9.17) is 23.2 Å². The van der Waals surface area contributed by atoms with Crippen molar-refractivity contribution in [1.29, 1.82) is 0 Å². The molecule has 2 aliphatic heterocycles. The van der Waals surface area contributed by atoms with Gasteiger partial charge in [0.2, 0.25) is 0 Å². The molecule has 0 saturated carbocycles. The topological polar surface area (TPSA) is 45.2 Å². The van der Waals surface area contributed by atoms with E-state index in [1.807, 2.05) is 16.3 Å². The molecule has 2 fully saturated rings. The molecule has 0 unspecified atom stereocenters. The van der Waals surface area contributed by atoms with Crippen LogP contribution in [-0.2, 0) is 0 Å². The van der Waals surface area contributed by atoms with E-state index in [1.165, 1.54) is 17.8 Å². The highest BCUT2D eigenvalue weighted by molar-refractivity contribution is 7.13. The standard InChI is InChI=1S/C18H19Cl2N3OS/c19-12-1-2-13(14(20)9-12)16-22-15(10-25-16)17(24)23-7-4-18(5-8-23)3-6-21-11-18/h1-2,9-10,21H,3-8,11H2. The number of aromatic nitrogens is 1. The molecule has 1 aromatic heterocycles. The Balaban J connectivity index is 1.47. The van der Waals surface area contributed by atoms with Crippen molar-refractivity contribution >= 4 is 40.4 Å². The number of nitrogens with one attached hydrogen (secondary N) is 1. The summed E-state index contributed by atoms with van der Waals surface area (Å²) in [6.07, 6.45) is 3.38. The number of halogens is 2. The van der Waals surface area contributed by atoms with Crippen LogP contribution in [0.1, 0.15) is 29.8 Å². The number of nitrogens with zero attached hydrogens (tertiary/aromatic N) is 2. The molecule has 1 spiro atoms. The summed E-state index contributed by atoms with van der Waals surface area (Å²) in [5.41, 5.74) is 1.72. The lowest BCUT2D eigenvalue weighted by molar-refractivity contribution is 0.0603. The Kier molecular flexibility index (Phi) is 4.75. The van der Waals surface area contributed by atoms with Crippen LogP contribution in [0.15, 0.2) is 23.6 Å². The van der Waals surface area contributed by atoms with Crippen LogP contribution in [0.2, 0.25) is 10.0 Å². The van der Waals surface area contributed by atoms with Crippen LogP contribution in [0, 0.1) is 5.41 Å². The largest absolute Gasteiger partial charge is 0.337 e. The summed E-state index contributed by atoms with van der Waals surface area (Å²) in [4.78, 5) is 19.2. The van der Waals surface area contributed by atoms with E-state index in [0.717, 1.165) is 49.6 Å². The zero-order chi connectivity index (χ0) is 17.4. The van der Waals surface area contributed by atoms with Crippen molar-refractivity contribution in [3.05, 3.63) is 39.3 Å². The number of hydrogen-bond donors (Lipinski definition) is 1. The van der Waals surface area contributed by atoms with E-state index in [0.29, 0.717) is 21.2 Å². The molecule has 2 aromatic rings. The minimum Gasteiger partial charge on any atom is -0.337 e. The number of thiazole rings is 1. The Labute approximate surface area is 161 Å². The fraction of sp³-hybridized carbons (Fsp3) is 0.444. The maximum Gasteiger partial charge on any atom is 0.273 e. The number of piperidine rings is 1. The molecule has 0 radical (unpaired) electrons. The van der Waals surface area contributed by atoms with E-state index in [1.54, 1.807) is 12.1 Å². The molecule has 0 atom stereocenters. The first kappa shape index (κ1) is 17.3. The Bertz CT molecular complexity index is 791. The first-order chi connectivity index (χ1) is 12.1. The Morgan fingerprint density at radius 1 is 1.24 bits per heavy atom. The van der Waals surface area contributed by atoms with Gasteiger partial charge in [-0.15, -0.1) is 11.3 Å². The van der Waals surface area contributed by atoms with Crippen LogP contribution in [0.5, 0.6) is 0 Å².